The highest BCUT2D eigenvalue weighted by atomic mass is 35.5. The molecule has 1 aliphatic carbocycles. The molecule has 0 bridgehead atoms. The Kier molecular flexibility index (Phi) is 5.12. The van der Waals surface area contributed by atoms with Crippen molar-refractivity contribution in [1.82, 2.24) is 4.90 Å². The van der Waals surface area contributed by atoms with Gasteiger partial charge in [0.2, 0.25) is 10.0 Å². The molecule has 2 unspecified atom stereocenters. The average molecular weight is 427 g/mol. The lowest BCUT2D eigenvalue weighted by Gasteiger charge is -2.30. The monoisotopic (exact) mass is 426 g/mol. The third kappa shape index (κ3) is 3.57. The van der Waals surface area contributed by atoms with Crippen LogP contribution in [0.25, 0.3) is 0 Å². The largest absolute Gasteiger partial charge is 0.482 e. The number of hydrogen-bond donors (Lipinski definition) is 1. The van der Waals surface area contributed by atoms with Crippen molar-refractivity contribution >= 4 is 33.2 Å². The van der Waals surface area contributed by atoms with Gasteiger partial charge in [0.15, 0.2) is 0 Å². The first kappa shape index (κ1) is 19.0. The topological polar surface area (TPSA) is 72.6 Å². The van der Waals surface area contributed by atoms with E-state index in [1.165, 1.54) is 30.5 Å². The summed E-state index contributed by atoms with van der Waals surface area (Å²) < 4.78 is 29.6. The lowest BCUT2D eigenvalue weighted by Crippen LogP contribution is -2.38. The van der Waals surface area contributed by atoms with Crippen LogP contribution < -0.4 is 9.88 Å². The van der Waals surface area contributed by atoms with E-state index in [0.29, 0.717) is 5.75 Å². The second-order valence-corrected chi connectivity index (χ2v) is 9.27. The molecule has 1 aliphatic heterocycles. The molecule has 4 rings (SSSR count). The summed E-state index contributed by atoms with van der Waals surface area (Å²) in [4.78, 5) is 2.25. The highest BCUT2D eigenvalue weighted by Gasteiger charge is 2.39. The van der Waals surface area contributed by atoms with Crippen molar-refractivity contribution in [2.24, 2.45) is 5.14 Å². The van der Waals surface area contributed by atoms with Gasteiger partial charge in [0.25, 0.3) is 0 Å². The maximum Gasteiger partial charge on any atom is 0.239 e. The second kappa shape index (κ2) is 7.26. The van der Waals surface area contributed by atoms with Crippen molar-refractivity contribution < 1.29 is 13.2 Å². The van der Waals surface area contributed by atoms with Crippen molar-refractivity contribution in [3.05, 3.63) is 57.6 Å². The smallest absolute Gasteiger partial charge is 0.239 e. The normalized spacial score (nSPS) is 22.8. The minimum Gasteiger partial charge on any atom is -0.482 e. The zero-order chi connectivity index (χ0) is 19.2. The summed E-state index contributed by atoms with van der Waals surface area (Å²) in [5.41, 5.74) is 2.40. The van der Waals surface area contributed by atoms with Crippen LogP contribution >= 0.6 is 23.2 Å². The fourth-order valence-corrected chi connectivity index (χ4v) is 5.39. The Hall–Kier alpha value is -1.31. The lowest BCUT2D eigenvalue weighted by molar-refractivity contribution is 0.0941. The molecule has 0 saturated carbocycles. The zero-order valence-corrected chi connectivity index (χ0v) is 16.9. The molecule has 2 N–H and O–H groups in total. The van der Waals surface area contributed by atoms with E-state index >= 15 is 0 Å². The first-order valence-corrected chi connectivity index (χ1v) is 11.2. The molecule has 2 aromatic rings. The van der Waals surface area contributed by atoms with Crippen LogP contribution in [0.2, 0.25) is 10.0 Å². The predicted octanol–water partition coefficient (Wildman–Crippen LogP) is 3.78. The molecular weight excluding hydrogens is 407 g/mol. The molecule has 2 aliphatic rings. The van der Waals surface area contributed by atoms with E-state index in [9.17, 15) is 8.42 Å². The van der Waals surface area contributed by atoms with E-state index in [4.69, 9.17) is 33.1 Å². The van der Waals surface area contributed by atoms with Gasteiger partial charge >= 0.3 is 0 Å². The van der Waals surface area contributed by atoms with Gasteiger partial charge in [-0.2, -0.15) is 0 Å². The summed E-state index contributed by atoms with van der Waals surface area (Å²) in [5.74, 6) is 0.361. The van der Waals surface area contributed by atoms with Crippen LogP contribution in [0.5, 0.6) is 5.75 Å². The van der Waals surface area contributed by atoms with Crippen LogP contribution in [0.15, 0.2) is 41.3 Å². The van der Waals surface area contributed by atoms with Crippen LogP contribution in [-0.2, 0) is 16.4 Å². The van der Waals surface area contributed by atoms with Gasteiger partial charge in [-0.25, -0.2) is 13.6 Å². The second-order valence-electron chi connectivity index (χ2n) is 6.99. The van der Waals surface area contributed by atoms with Crippen LogP contribution in [-0.4, -0.2) is 32.4 Å². The molecule has 2 aromatic carbocycles. The van der Waals surface area contributed by atoms with Gasteiger partial charge in [-0.3, -0.25) is 4.90 Å². The van der Waals surface area contributed by atoms with Crippen LogP contribution in [0.1, 0.15) is 30.1 Å². The van der Waals surface area contributed by atoms with Gasteiger partial charge in [-0.15, -0.1) is 0 Å². The molecule has 1 saturated heterocycles. The summed E-state index contributed by atoms with van der Waals surface area (Å²) in [5, 5.41) is 5.14. The number of halogens is 2. The van der Waals surface area contributed by atoms with Gasteiger partial charge < -0.3 is 4.74 Å². The Morgan fingerprint density at radius 3 is 2.44 bits per heavy atom. The predicted molar refractivity (Wildman–Crippen MR) is 106 cm³/mol. The van der Waals surface area contributed by atoms with Gasteiger partial charge in [0, 0.05) is 0 Å². The van der Waals surface area contributed by atoms with Crippen LogP contribution in [0, 0.1) is 0 Å². The fourth-order valence-electron chi connectivity index (χ4n) is 4.03. The quantitative estimate of drug-likeness (QED) is 0.806. The molecule has 0 aromatic heterocycles. The number of fused-ring (bicyclic) bond motifs is 1. The molecule has 1 heterocycles. The third-order valence-corrected chi connectivity index (χ3v) is 7.25. The minimum absolute atomic E-state index is 0.0627. The number of rotatable bonds is 4. The molecule has 0 spiro atoms. The van der Waals surface area contributed by atoms with E-state index in [1.807, 2.05) is 12.1 Å². The molecular formula is C19H20Cl2N2O3S. The molecule has 5 nitrogen and oxygen atoms in total. The van der Waals surface area contributed by atoms with Crippen molar-refractivity contribution in [2.45, 2.75) is 36.3 Å². The molecule has 27 heavy (non-hydrogen) atoms. The van der Waals surface area contributed by atoms with Gasteiger partial charge in [-0.1, -0.05) is 47.5 Å². The molecule has 2 atom stereocenters. The summed E-state index contributed by atoms with van der Waals surface area (Å²) in [6.07, 6.45) is 3.11. The number of benzene rings is 2. The molecule has 144 valence electrons. The minimum atomic E-state index is -3.95. The number of hydrogen-bond acceptors (Lipinski definition) is 4. The lowest BCUT2D eigenvalue weighted by atomic mass is 10.1. The Bertz CT molecular complexity index is 975. The van der Waals surface area contributed by atoms with Gasteiger partial charge in [0.1, 0.15) is 21.8 Å². The summed E-state index contributed by atoms with van der Waals surface area (Å²) >= 11 is 12.5. The van der Waals surface area contributed by atoms with Crippen molar-refractivity contribution in [3.63, 3.8) is 0 Å². The number of ether oxygens (including phenoxy) is 1. The average Bonchev–Trinajstić information content (AvgIpc) is 3.26. The van der Waals surface area contributed by atoms with E-state index < -0.39 is 10.0 Å². The van der Waals surface area contributed by atoms with Crippen LogP contribution in [0.3, 0.4) is 0 Å². The fraction of sp³-hybridized carbons (Fsp3) is 0.368. The number of sulfonamides is 1. The van der Waals surface area contributed by atoms with Crippen molar-refractivity contribution in [2.75, 3.05) is 13.1 Å². The van der Waals surface area contributed by atoms with E-state index in [2.05, 4.69) is 17.0 Å². The molecule has 0 amide bonds. The molecule has 8 heteroatoms. The van der Waals surface area contributed by atoms with E-state index in [0.717, 1.165) is 25.1 Å². The summed E-state index contributed by atoms with van der Waals surface area (Å²) in [6.45, 7) is 2.11. The van der Waals surface area contributed by atoms with E-state index in [-0.39, 0.29) is 27.1 Å². The van der Waals surface area contributed by atoms with Gasteiger partial charge in [0.05, 0.1) is 11.1 Å². The van der Waals surface area contributed by atoms with Crippen molar-refractivity contribution in [1.29, 1.82) is 0 Å². The number of nitrogens with zero attached hydrogens (tertiary/aromatic N) is 1. The summed E-state index contributed by atoms with van der Waals surface area (Å²) in [7, 11) is -3.95. The number of primary sulfonamides is 1. The van der Waals surface area contributed by atoms with Gasteiger partial charge in [-0.05, 0) is 55.6 Å². The first-order chi connectivity index (χ1) is 12.9. The van der Waals surface area contributed by atoms with E-state index in [1.54, 1.807) is 0 Å². The maximum atomic E-state index is 11.6. The Morgan fingerprint density at radius 1 is 1.04 bits per heavy atom. The standard InChI is InChI=1S/C19H20Cl2N2O3S/c20-17-15(7-8-16(18(17)21)27(22,24)25)26-19-13-6-2-1-5-12(13)11-14(19)23-9-3-4-10-23/h1-2,5-8,14,19H,3-4,9-11H2,(H2,22,24,25). The molecule has 0 radical (unpaired) electrons. The Balaban J connectivity index is 1.70. The third-order valence-electron chi connectivity index (χ3n) is 5.32. The highest BCUT2D eigenvalue weighted by molar-refractivity contribution is 7.89. The number of nitrogens with two attached hydrogens (primary N) is 1. The number of likely N-dealkylation sites (tertiary alicyclic amines) is 1. The Morgan fingerprint density at radius 2 is 1.74 bits per heavy atom. The van der Waals surface area contributed by atoms with Crippen LogP contribution in [0.4, 0.5) is 0 Å². The SMILES string of the molecule is NS(=O)(=O)c1ccc(OC2c3ccccc3CC2N2CCCC2)c(Cl)c1Cl. The molecule has 1 fully saturated rings. The maximum absolute atomic E-state index is 11.6. The Labute approximate surface area is 169 Å². The summed E-state index contributed by atoms with van der Waals surface area (Å²) in [6, 6.07) is 11.3. The zero-order valence-electron chi connectivity index (χ0n) is 14.6. The van der Waals surface area contributed by atoms with Crippen molar-refractivity contribution in [3.8, 4) is 5.75 Å². The highest BCUT2D eigenvalue weighted by Crippen LogP contribution is 2.43. The first-order valence-electron chi connectivity index (χ1n) is 8.85.